The quantitative estimate of drug-likeness (QED) is 0.132. The summed E-state index contributed by atoms with van der Waals surface area (Å²) >= 11 is 0. The van der Waals surface area contributed by atoms with Gasteiger partial charge in [-0.25, -0.2) is 4.79 Å². The highest BCUT2D eigenvalue weighted by molar-refractivity contribution is 5.90. The smallest absolute Gasteiger partial charge is 0.338 e. The van der Waals surface area contributed by atoms with E-state index < -0.39 is 0 Å². The number of unbranched alkanes of at least 4 members (excludes halogenated alkanes) is 8. The van der Waals surface area contributed by atoms with Crippen molar-refractivity contribution < 1.29 is 14.3 Å². The van der Waals surface area contributed by atoms with Crippen LogP contribution in [-0.2, 0) is 4.74 Å². The van der Waals surface area contributed by atoms with Gasteiger partial charge in [0.05, 0.1) is 42.6 Å². The third-order valence-electron chi connectivity index (χ3n) is 6.93. The van der Waals surface area contributed by atoms with Gasteiger partial charge in [0.25, 0.3) is 0 Å². The molecule has 1 atom stereocenters. The maximum absolute atomic E-state index is 12.2. The number of hydrogen-bond acceptors (Lipinski definition) is 5. The SMILES string of the molecule is CCCCCCCCCCCOc1ccc(-c2cnc(-c3ccc(C(=O)OCC(C)CC)cc3)cn2)cc1. The monoisotopic (exact) mass is 516 g/mol. The zero-order valence-electron chi connectivity index (χ0n) is 23.5. The fourth-order valence-electron chi connectivity index (χ4n) is 4.15. The maximum Gasteiger partial charge on any atom is 0.338 e. The van der Waals surface area contributed by atoms with Gasteiger partial charge in [-0.1, -0.05) is 90.7 Å². The number of carbonyl (C=O) groups excluding carboxylic acids is 1. The molecule has 3 rings (SSSR count). The fourth-order valence-corrected chi connectivity index (χ4v) is 4.15. The molecule has 3 aromatic rings. The summed E-state index contributed by atoms with van der Waals surface area (Å²) in [7, 11) is 0. The van der Waals surface area contributed by atoms with Gasteiger partial charge in [0.2, 0.25) is 0 Å². The molecule has 38 heavy (non-hydrogen) atoms. The normalized spacial score (nSPS) is 11.8. The highest BCUT2D eigenvalue weighted by Gasteiger charge is 2.10. The second-order valence-corrected chi connectivity index (χ2v) is 10.2. The summed E-state index contributed by atoms with van der Waals surface area (Å²) in [4.78, 5) is 21.4. The van der Waals surface area contributed by atoms with E-state index >= 15 is 0 Å². The number of carbonyl (C=O) groups is 1. The van der Waals surface area contributed by atoms with Crippen LogP contribution in [0.3, 0.4) is 0 Å². The first-order valence-electron chi connectivity index (χ1n) is 14.4. The molecular formula is C33H44N2O3. The van der Waals surface area contributed by atoms with Gasteiger partial charge in [0.15, 0.2) is 0 Å². The third-order valence-corrected chi connectivity index (χ3v) is 6.93. The van der Waals surface area contributed by atoms with Crippen LogP contribution in [-0.4, -0.2) is 29.2 Å². The van der Waals surface area contributed by atoms with Gasteiger partial charge in [-0.3, -0.25) is 9.97 Å². The molecule has 0 N–H and O–H groups in total. The van der Waals surface area contributed by atoms with Crippen molar-refractivity contribution in [1.82, 2.24) is 9.97 Å². The molecule has 0 fully saturated rings. The van der Waals surface area contributed by atoms with Gasteiger partial charge < -0.3 is 9.47 Å². The first-order valence-corrected chi connectivity index (χ1v) is 14.4. The molecule has 0 amide bonds. The standard InChI is InChI=1S/C33H44N2O3/c1-4-6-7-8-9-10-11-12-13-22-37-30-20-18-28(19-21-30)32-24-34-31(23-35-32)27-14-16-29(17-15-27)33(36)38-25-26(3)5-2/h14-21,23-24,26H,4-13,22,25H2,1-3H3. The minimum atomic E-state index is -0.293. The van der Waals surface area contributed by atoms with E-state index in [2.05, 4.69) is 30.7 Å². The average Bonchev–Trinajstić information content (AvgIpc) is 2.97. The van der Waals surface area contributed by atoms with E-state index in [9.17, 15) is 4.79 Å². The average molecular weight is 517 g/mol. The minimum absolute atomic E-state index is 0.293. The van der Waals surface area contributed by atoms with Crippen LogP contribution in [0.5, 0.6) is 5.75 Å². The predicted molar refractivity (Wildman–Crippen MR) is 155 cm³/mol. The van der Waals surface area contributed by atoms with E-state index in [0.29, 0.717) is 18.1 Å². The predicted octanol–water partition coefficient (Wildman–Crippen LogP) is 8.92. The summed E-state index contributed by atoms with van der Waals surface area (Å²) < 4.78 is 11.3. The van der Waals surface area contributed by atoms with Crippen LogP contribution in [0.15, 0.2) is 60.9 Å². The maximum atomic E-state index is 12.2. The van der Waals surface area contributed by atoms with Gasteiger partial charge in [0.1, 0.15) is 5.75 Å². The van der Waals surface area contributed by atoms with E-state index in [1.165, 1.54) is 51.4 Å². The van der Waals surface area contributed by atoms with Crippen molar-refractivity contribution in [2.75, 3.05) is 13.2 Å². The van der Waals surface area contributed by atoms with Crippen molar-refractivity contribution in [3.05, 3.63) is 66.5 Å². The lowest BCUT2D eigenvalue weighted by Crippen LogP contribution is -2.11. The number of nitrogens with zero attached hydrogens (tertiary/aromatic N) is 2. The lowest BCUT2D eigenvalue weighted by Gasteiger charge is -2.10. The summed E-state index contributed by atoms with van der Waals surface area (Å²) in [6, 6.07) is 15.3. The number of benzene rings is 2. The highest BCUT2D eigenvalue weighted by atomic mass is 16.5. The van der Waals surface area contributed by atoms with Gasteiger partial charge >= 0.3 is 5.97 Å². The number of rotatable bonds is 17. The molecule has 0 radical (unpaired) electrons. The van der Waals surface area contributed by atoms with Crippen molar-refractivity contribution >= 4 is 5.97 Å². The molecule has 0 aliphatic carbocycles. The Morgan fingerprint density at radius 1 is 0.737 bits per heavy atom. The molecular weight excluding hydrogens is 472 g/mol. The van der Waals surface area contributed by atoms with Crippen molar-refractivity contribution in [1.29, 1.82) is 0 Å². The van der Waals surface area contributed by atoms with Crippen molar-refractivity contribution in [3.63, 3.8) is 0 Å². The number of aromatic nitrogens is 2. The Morgan fingerprint density at radius 3 is 1.79 bits per heavy atom. The van der Waals surface area contributed by atoms with Crippen molar-refractivity contribution in [2.24, 2.45) is 5.92 Å². The van der Waals surface area contributed by atoms with E-state index in [1.54, 1.807) is 24.5 Å². The second kappa shape index (κ2) is 16.6. The minimum Gasteiger partial charge on any atom is -0.494 e. The lowest BCUT2D eigenvalue weighted by molar-refractivity contribution is 0.0447. The Bertz CT molecular complexity index is 1060. The van der Waals surface area contributed by atoms with Crippen molar-refractivity contribution in [3.8, 4) is 28.3 Å². The number of esters is 1. The van der Waals surface area contributed by atoms with Gasteiger partial charge in [-0.05, 0) is 48.7 Å². The summed E-state index contributed by atoms with van der Waals surface area (Å²) in [5.41, 5.74) is 4.02. The van der Waals surface area contributed by atoms with Crippen LogP contribution < -0.4 is 4.74 Å². The molecule has 5 heteroatoms. The topological polar surface area (TPSA) is 61.3 Å². The molecule has 0 aliphatic heterocycles. The molecule has 1 aromatic heterocycles. The van der Waals surface area contributed by atoms with E-state index in [-0.39, 0.29) is 5.97 Å². The highest BCUT2D eigenvalue weighted by Crippen LogP contribution is 2.23. The fraction of sp³-hybridized carbons (Fsp3) is 0.485. The summed E-state index contributed by atoms with van der Waals surface area (Å²) in [6.45, 7) is 7.62. The van der Waals surface area contributed by atoms with E-state index in [1.807, 2.05) is 36.4 Å². The van der Waals surface area contributed by atoms with E-state index in [0.717, 1.165) is 47.7 Å². The van der Waals surface area contributed by atoms with Gasteiger partial charge in [0, 0.05) is 11.1 Å². The molecule has 0 aliphatic rings. The molecule has 204 valence electrons. The summed E-state index contributed by atoms with van der Waals surface area (Å²) in [5, 5.41) is 0. The van der Waals surface area contributed by atoms with Crippen LogP contribution in [0, 0.1) is 5.92 Å². The van der Waals surface area contributed by atoms with Crippen LogP contribution >= 0.6 is 0 Å². The first kappa shape index (κ1) is 29.3. The third kappa shape index (κ3) is 9.92. The summed E-state index contributed by atoms with van der Waals surface area (Å²) in [5.74, 6) is 0.958. The number of ether oxygens (including phenoxy) is 2. The zero-order chi connectivity index (χ0) is 27.0. The Morgan fingerprint density at radius 2 is 1.26 bits per heavy atom. The van der Waals surface area contributed by atoms with Crippen LogP contribution in [0.4, 0.5) is 0 Å². The molecule has 5 nitrogen and oxygen atoms in total. The molecule has 0 saturated heterocycles. The van der Waals surface area contributed by atoms with Gasteiger partial charge in [-0.2, -0.15) is 0 Å². The Labute approximate surface area is 229 Å². The van der Waals surface area contributed by atoms with Crippen LogP contribution in [0.25, 0.3) is 22.5 Å². The molecule has 0 bridgehead atoms. The zero-order valence-corrected chi connectivity index (χ0v) is 23.5. The largest absolute Gasteiger partial charge is 0.494 e. The Kier molecular flexibility index (Phi) is 12.8. The van der Waals surface area contributed by atoms with Gasteiger partial charge in [-0.15, -0.1) is 0 Å². The first-order chi connectivity index (χ1) is 18.6. The molecule has 0 saturated carbocycles. The molecule has 1 heterocycles. The van der Waals surface area contributed by atoms with Crippen LogP contribution in [0.1, 0.15) is 95.3 Å². The summed E-state index contributed by atoms with van der Waals surface area (Å²) in [6.07, 6.45) is 16.3. The number of hydrogen-bond donors (Lipinski definition) is 0. The van der Waals surface area contributed by atoms with Crippen LogP contribution in [0.2, 0.25) is 0 Å². The molecule has 0 spiro atoms. The van der Waals surface area contributed by atoms with Crippen molar-refractivity contribution in [2.45, 2.75) is 85.0 Å². The second-order valence-electron chi connectivity index (χ2n) is 10.2. The molecule has 2 aromatic carbocycles. The lowest BCUT2D eigenvalue weighted by atomic mass is 10.1. The Balaban J connectivity index is 1.42. The van der Waals surface area contributed by atoms with E-state index in [4.69, 9.17) is 9.47 Å². The molecule has 1 unspecified atom stereocenters. The Hall–Kier alpha value is -3.21.